The summed E-state index contributed by atoms with van der Waals surface area (Å²) < 4.78 is 11.0. The van der Waals surface area contributed by atoms with E-state index in [0.717, 1.165) is 40.2 Å². The molecule has 0 aliphatic carbocycles. The van der Waals surface area contributed by atoms with E-state index in [1.165, 1.54) is 11.1 Å². The predicted octanol–water partition coefficient (Wildman–Crippen LogP) is 4.66. The maximum absolute atomic E-state index is 5.88. The Morgan fingerprint density at radius 3 is 2.65 bits per heavy atom. The fourth-order valence-corrected chi connectivity index (χ4v) is 3.17. The van der Waals surface area contributed by atoms with Gasteiger partial charge in [0.2, 0.25) is 5.16 Å². The summed E-state index contributed by atoms with van der Waals surface area (Å²) in [4.78, 5) is 4.53. The van der Waals surface area contributed by atoms with Crippen molar-refractivity contribution in [2.24, 2.45) is 0 Å². The van der Waals surface area contributed by atoms with E-state index in [-0.39, 0.29) is 0 Å². The SMILES string of the molecule is COc1ccc(-c2nc(SCCCOc3cc(C)ccc3C)n[nH]2)cc1. The van der Waals surface area contributed by atoms with Gasteiger partial charge in [-0.1, -0.05) is 23.9 Å². The number of ether oxygens (including phenoxy) is 2. The summed E-state index contributed by atoms with van der Waals surface area (Å²) in [6, 6.07) is 14.0. The number of nitrogens with one attached hydrogen (secondary N) is 1. The molecule has 0 bridgehead atoms. The molecule has 0 fully saturated rings. The first-order valence-electron chi connectivity index (χ1n) is 8.55. The Morgan fingerprint density at radius 1 is 1.08 bits per heavy atom. The highest BCUT2D eigenvalue weighted by Gasteiger charge is 2.07. The Balaban J connectivity index is 1.45. The van der Waals surface area contributed by atoms with Crippen LogP contribution in [0.25, 0.3) is 11.4 Å². The molecule has 0 amide bonds. The third kappa shape index (κ3) is 4.79. The van der Waals surface area contributed by atoms with E-state index < -0.39 is 0 Å². The number of benzene rings is 2. The summed E-state index contributed by atoms with van der Waals surface area (Å²) in [5, 5.41) is 8.01. The maximum Gasteiger partial charge on any atom is 0.208 e. The zero-order valence-electron chi connectivity index (χ0n) is 15.3. The van der Waals surface area contributed by atoms with E-state index in [4.69, 9.17) is 9.47 Å². The molecule has 0 spiro atoms. The van der Waals surface area contributed by atoms with E-state index in [1.807, 2.05) is 24.3 Å². The Bertz CT molecular complexity index is 847. The largest absolute Gasteiger partial charge is 0.497 e. The molecule has 0 saturated carbocycles. The molecule has 3 rings (SSSR count). The van der Waals surface area contributed by atoms with Crippen molar-refractivity contribution in [2.45, 2.75) is 25.4 Å². The van der Waals surface area contributed by atoms with Crippen LogP contribution in [0.5, 0.6) is 11.5 Å². The normalized spacial score (nSPS) is 10.7. The van der Waals surface area contributed by atoms with Crippen LogP contribution in [-0.2, 0) is 0 Å². The second-order valence-corrected chi connectivity index (χ2v) is 7.08. The summed E-state index contributed by atoms with van der Waals surface area (Å²) >= 11 is 1.63. The van der Waals surface area contributed by atoms with Gasteiger partial charge < -0.3 is 9.47 Å². The molecule has 1 N–H and O–H groups in total. The van der Waals surface area contributed by atoms with Crippen molar-refractivity contribution in [3.63, 3.8) is 0 Å². The highest BCUT2D eigenvalue weighted by atomic mass is 32.2. The molecule has 0 radical (unpaired) electrons. The molecule has 0 aliphatic heterocycles. The van der Waals surface area contributed by atoms with Crippen LogP contribution in [0.1, 0.15) is 17.5 Å². The van der Waals surface area contributed by atoms with E-state index in [2.05, 4.69) is 47.2 Å². The Labute approximate surface area is 158 Å². The molecular formula is C20H23N3O2S. The van der Waals surface area contributed by atoms with E-state index in [9.17, 15) is 0 Å². The van der Waals surface area contributed by atoms with Crippen LogP contribution < -0.4 is 9.47 Å². The van der Waals surface area contributed by atoms with Crippen LogP contribution in [0.3, 0.4) is 0 Å². The van der Waals surface area contributed by atoms with E-state index >= 15 is 0 Å². The van der Waals surface area contributed by atoms with Crippen molar-refractivity contribution in [3.05, 3.63) is 53.6 Å². The van der Waals surface area contributed by atoms with E-state index in [0.29, 0.717) is 6.61 Å². The minimum absolute atomic E-state index is 0.688. The predicted molar refractivity (Wildman–Crippen MR) is 105 cm³/mol. The first-order valence-corrected chi connectivity index (χ1v) is 9.54. The molecule has 3 aromatic rings. The van der Waals surface area contributed by atoms with Gasteiger partial charge in [-0.05, 0) is 61.7 Å². The van der Waals surface area contributed by atoms with Gasteiger partial charge in [0, 0.05) is 11.3 Å². The standard InChI is InChI=1S/C20H23N3O2S/c1-14-5-6-15(2)18(13-14)25-11-4-12-26-20-21-19(22-23-20)16-7-9-17(24-3)10-8-16/h5-10,13H,4,11-12H2,1-3H3,(H,21,22,23). The van der Waals surface area contributed by atoms with Crippen molar-refractivity contribution in [3.8, 4) is 22.9 Å². The van der Waals surface area contributed by atoms with Crippen molar-refractivity contribution < 1.29 is 9.47 Å². The Kier molecular flexibility index (Phi) is 6.17. The third-order valence-electron chi connectivity index (χ3n) is 3.95. The minimum Gasteiger partial charge on any atom is -0.497 e. The van der Waals surface area contributed by atoms with Crippen LogP contribution in [0, 0.1) is 13.8 Å². The number of hydrogen-bond acceptors (Lipinski definition) is 5. The van der Waals surface area contributed by atoms with Gasteiger partial charge in [-0.2, -0.15) is 0 Å². The molecule has 0 aliphatic rings. The number of methoxy groups -OCH3 is 1. The quantitative estimate of drug-likeness (QED) is 0.462. The maximum atomic E-state index is 5.88. The van der Waals surface area contributed by atoms with Crippen LogP contribution in [-0.4, -0.2) is 34.7 Å². The first kappa shape index (κ1) is 18.3. The van der Waals surface area contributed by atoms with Gasteiger partial charge in [-0.15, -0.1) is 5.10 Å². The van der Waals surface area contributed by atoms with Gasteiger partial charge in [-0.25, -0.2) is 4.98 Å². The average molecular weight is 369 g/mol. The topological polar surface area (TPSA) is 60.0 Å². The van der Waals surface area contributed by atoms with Crippen LogP contribution in [0.2, 0.25) is 0 Å². The number of H-pyrrole nitrogens is 1. The number of hydrogen-bond donors (Lipinski definition) is 1. The molecule has 2 aromatic carbocycles. The molecular weight excluding hydrogens is 346 g/mol. The number of aryl methyl sites for hydroxylation is 2. The summed E-state index contributed by atoms with van der Waals surface area (Å²) in [5.41, 5.74) is 3.37. The number of aromatic nitrogens is 3. The first-order chi connectivity index (χ1) is 12.7. The van der Waals surface area contributed by atoms with Crippen molar-refractivity contribution >= 4 is 11.8 Å². The van der Waals surface area contributed by atoms with Gasteiger partial charge in [0.25, 0.3) is 0 Å². The highest BCUT2D eigenvalue weighted by molar-refractivity contribution is 7.99. The molecule has 1 aromatic heterocycles. The molecule has 1 heterocycles. The van der Waals surface area contributed by atoms with Crippen molar-refractivity contribution in [2.75, 3.05) is 19.5 Å². The van der Waals surface area contributed by atoms with Gasteiger partial charge in [0.15, 0.2) is 5.82 Å². The molecule has 26 heavy (non-hydrogen) atoms. The van der Waals surface area contributed by atoms with Gasteiger partial charge in [-0.3, -0.25) is 5.10 Å². The van der Waals surface area contributed by atoms with Crippen molar-refractivity contribution in [1.29, 1.82) is 0 Å². The number of rotatable bonds is 8. The highest BCUT2D eigenvalue weighted by Crippen LogP contribution is 2.23. The summed E-state index contributed by atoms with van der Waals surface area (Å²) in [5.74, 6) is 3.47. The number of aromatic amines is 1. The second-order valence-electron chi connectivity index (χ2n) is 6.01. The lowest BCUT2D eigenvalue weighted by molar-refractivity contribution is 0.316. The van der Waals surface area contributed by atoms with Gasteiger partial charge in [0.1, 0.15) is 11.5 Å². The molecule has 5 nitrogen and oxygen atoms in total. The second kappa shape index (κ2) is 8.76. The van der Waals surface area contributed by atoms with Gasteiger partial charge >= 0.3 is 0 Å². The number of nitrogens with zero attached hydrogens (tertiary/aromatic N) is 2. The molecule has 0 saturated heterocycles. The zero-order chi connectivity index (χ0) is 18.4. The van der Waals surface area contributed by atoms with Crippen LogP contribution >= 0.6 is 11.8 Å². The molecule has 6 heteroatoms. The lowest BCUT2D eigenvalue weighted by Crippen LogP contribution is -2.00. The lowest BCUT2D eigenvalue weighted by Gasteiger charge is -2.09. The Morgan fingerprint density at radius 2 is 1.88 bits per heavy atom. The number of thioether (sulfide) groups is 1. The fraction of sp³-hybridized carbons (Fsp3) is 0.300. The lowest BCUT2D eigenvalue weighted by atomic mass is 10.1. The summed E-state index contributed by atoms with van der Waals surface area (Å²) in [7, 11) is 1.65. The molecule has 136 valence electrons. The van der Waals surface area contributed by atoms with Crippen LogP contribution in [0.15, 0.2) is 47.6 Å². The van der Waals surface area contributed by atoms with Gasteiger partial charge in [0.05, 0.1) is 13.7 Å². The zero-order valence-corrected chi connectivity index (χ0v) is 16.1. The third-order valence-corrected chi connectivity index (χ3v) is 4.88. The minimum atomic E-state index is 0.688. The van der Waals surface area contributed by atoms with Crippen molar-refractivity contribution in [1.82, 2.24) is 15.2 Å². The fourth-order valence-electron chi connectivity index (χ4n) is 2.46. The average Bonchev–Trinajstić information content (AvgIpc) is 3.13. The van der Waals surface area contributed by atoms with Crippen LogP contribution in [0.4, 0.5) is 0 Å². The summed E-state index contributed by atoms with van der Waals surface area (Å²) in [6.07, 6.45) is 0.935. The monoisotopic (exact) mass is 369 g/mol. The molecule has 0 unspecified atom stereocenters. The summed E-state index contributed by atoms with van der Waals surface area (Å²) in [6.45, 7) is 4.83. The molecule has 0 atom stereocenters. The smallest absolute Gasteiger partial charge is 0.208 e. The Hall–Kier alpha value is -2.47. The van der Waals surface area contributed by atoms with E-state index in [1.54, 1.807) is 18.9 Å².